The van der Waals surface area contributed by atoms with E-state index < -0.39 is 0 Å². The summed E-state index contributed by atoms with van der Waals surface area (Å²) in [6, 6.07) is 8.63. The molecule has 2 heterocycles. The highest BCUT2D eigenvalue weighted by atomic mass is 35.5. The van der Waals surface area contributed by atoms with Gasteiger partial charge in [0.25, 0.3) is 0 Å². The average molecular weight is 322 g/mol. The lowest BCUT2D eigenvalue weighted by atomic mass is 9.79. The van der Waals surface area contributed by atoms with Crippen molar-refractivity contribution in [2.75, 3.05) is 5.32 Å². The summed E-state index contributed by atoms with van der Waals surface area (Å²) in [5.74, 6) is 1.01. The molecule has 0 fully saturated rings. The van der Waals surface area contributed by atoms with Crippen molar-refractivity contribution >= 4 is 40.2 Å². The molecule has 4 heteroatoms. The van der Waals surface area contributed by atoms with Gasteiger partial charge in [-0.05, 0) is 35.4 Å². The van der Waals surface area contributed by atoms with Crippen LogP contribution >= 0.6 is 34.5 Å². The molecular formula is C16H13Cl2NS. The second-order valence-corrected chi connectivity index (χ2v) is 7.08. The van der Waals surface area contributed by atoms with Crippen molar-refractivity contribution in [3.63, 3.8) is 0 Å². The van der Waals surface area contributed by atoms with E-state index in [1.807, 2.05) is 6.07 Å². The Labute approximate surface area is 132 Å². The Balaban J connectivity index is 1.86. The van der Waals surface area contributed by atoms with E-state index in [0.717, 1.165) is 12.1 Å². The lowest BCUT2D eigenvalue weighted by molar-refractivity contribution is 0.430. The fraction of sp³-hybridized carbons (Fsp3) is 0.250. The summed E-state index contributed by atoms with van der Waals surface area (Å²) in [7, 11) is 0. The summed E-state index contributed by atoms with van der Waals surface area (Å²) in [5, 5.41) is 7.02. The van der Waals surface area contributed by atoms with Gasteiger partial charge in [0.15, 0.2) is 0 Å². The van der Waals surface area contributed by atoms with Gasteiger partial charge in [-0.15, -0.1) is 11.3 Å². The Morgan fingerprint density at radius 3 is 2.90 bits per heavy atom. The molecule has 0 bridgehead atoms. The Morgan fingerprint density at radius 1 is 1.20 bits per heavy atom. The molecule has 2 aromatic rings. The average Bonchev–Trinajstić information content (AvgIpc) is 3.12. The zero-order valence-corrected chi connectivity index (χ0v) is 13.0. The third kappa shape index (κ3) is 1.82. The van der Waals surface area contributed by atoms with Gasteiger partial charge in [-0.25, -0.2) is 0 Å². The van der Waals surface area contributed by atoms with Gasteiger partial charge in [0, 0.05) is 10.8 Å². The number of nitrogens with one attached hydrogen (secondary N) is 1. The fourth-order valence-corrected chi connectivity index (χ4v) is 4.59. The van der Waals surface area contributed by atoms with Crippen LogP contribution in [0, 0.1) is 5.92 Å². The summed E-state index contributed by atoms with van der Waals surface area (Å²) in [5.41, 5.74) is 2.27. The van der Waals surface area contributed by atoms with Crippen LogP contribution in [0.4, 0.5) is 5.69 Å². The first-order chi connectivity index (χ1) is 9.75. The number of allylic oxidation sites excluding steroid dienone is 2. The summed E-state index contributed by atoms with van der Waals surface area (Å²) < 4.78 is 0. The van der Waals surface area contributed by atoms with Crippen LogP contribution in [-0.2, 0) is 0 Å². The highest BCUT2D eigenvalue weighted by Gasteiger charge is 2.39. The SMILES string of the molecule is Clc1ccc2c(c1Cl)NC(c1cccs1)C1CC=CC21. The van der Waals surface area contributed by atoms with Crippen LogP contribution < -0.4 is 5.32 Å². The van der Waals surface area contributed by atoms with Crippen molar-refractivity contribution in [1.29, 1.82) is 0 Å². The van der Waals surface area contributed by atoms with Gasteiger partial charge in [-0.3, -0.25) is 0 Å². The first-order valence-electron chi connectivity index (χ1n) is 6.70. The summed E-state index contributed by atoms with van der Waals surface area (Å²) in [6.07, 6.45) is 5.71. The van der Waals surface area contributed by atoms with Gasteiger partial charge in [0.05, 0.1) is 21.8 Å². The van der Waals surface area contributed by atoms with E-state index in [4.69, 9.17) is 23.2 Å². The number of anilines is 1. The van der Waals surface area contributed by atoms with Gasteiger partial charge in [0.1, 0.15) is 0 Å². The molecule has 1 nitrogen and oxygen atoms in total. The van der Waals surface area contributed by atoms with Gasteiger partial charge in [-0.1, -0.05) is 47.5 Å². The number of halogens is 2. The largest absolute Gasteiger partial charge is 0.376 e. The minimum atomic E-state index is 0.318. The van der Waals surface area contributed by atoms with Crippen LogP contribution in [0.15, 0.2) is 41.8 Å². The van der Waals surface area contributed by atoms with Gasteiger partial charge < -0.3 is 5.32 Å². The maximum atomic E-state index is 6.41. The smallest absolute Gasteiger partial charge is 0.0826 e. The molecular weight excluding hydrogens is 309 g/mol. The standard InChI is InChI=1S/C16H13Cl2NS/c17-12-7-6-11-9-3-1-4-10(9)15(13-5-2-8-20-13)19-16(11)14(12)18/h1-3,5-10,15,19H,4H2. The molecule has 0 saturated carbocycles. The molecule has 102 valence electrons. The van der Waals surface area contributed by atoms with E-state index >= 15 is 0 Å². The first kappa shape index (κ1) is 12.8. The molecule has 1 aromatic heterocycles. The molecule has 0 amide bonds. The minimum absolute atomic E-state index is 0.318. The topological polar surface area (TPSA) is 12.0 Å². The third-order valence-corrected chi connectivity index (χ3v) is 6.04. The second kappa shape index (κ2) is 4.80. The molecule has 3 atom stereocenters. The lowest BCUT2D eigenvalue weighted by Crippen LogP contribution is -2.28. The minimum Gasteiger partial charge on any atom is -0.376 e. The lowest BCUT2D eigenvalue weighted by Gasteiger charge is -2.37. The third-order valence-electron chi connectivity index (χ3n) is 4.28. The number of hydrogen-bond donors (Lipinski definition) is 1. The quantitative estimate of drug-likeness (QED) is 0.646. The van der Waals surface area contributed by atoms with Crippen LogP contribution in [0.5, 0.6) is 0 Å². The van der Waals surface area contributed by atoms with Crippen molar-refractivity contribution in [2.45, 2.75) is 18.4 Å². The van der Waals surface area contributed by atoms with Crippen LogP contribution in [0.3, 0.4) is 0 Å². The molecule has 0 saturated heterocycles. The first-order valence-corrected chi connectivity index (χ1v) is 8.34. The van der Waals surface area contributed by atoms with E-state index in [0.29, 0.717) is 27.9 Å². The van der Waals surface area contributed by atoms with Crippen LogP contribution in [0.2, 0.25) is 10.0 Å². The molecule has 4 rings (SSSR count). The number of benzene rings is 1. The second-order valence-electron chi connectivity index (χ2n) is 5.32. The van der Waals surface area contributed by atoms with Crippen molar-refractivity contribution in [2.24, 2.45) is 5.92 Å². The molecule has 1 N–H and O–H groups in total. The summed E-state index contributed by atoms with van der Waals surface area (Å²) in [6.45, 7) is 0. The van der Waals surface area contributed by atoms with E-state index in [9.17, 15) is 0 Å². The molecule has 1 aliphatic heterocycles. The van der Waals surface area contributed by atoms with Crippen LogP contribution in [0.1, 0.15) is 28.8 Å². The van der Waals surface area contributed by atoms with Crippen molar-refractivity contribution in [3.8, 4) is 0 Å². The maximum Gasteiger partial charge on any atom is 0.0826 e. The molecule has 0 radical (unpaired) electrons. The maximum absolute atomic E-state index is 6.41. The van der Waals surface area contributed by atoms with Crippen molar-refractivity contribution in [3.05, 3.63) is 62.3 Å². The van der Waals surface area contributed by atoms with Gasteiger partial charge in [-0.2, -0.15) is 0 Å². The zero-order chi connectivity index (χ0) is 13.7. The van der Waals surface area contributed by atoms with Gasteiger partial charge >= 0.3 is 0 Å². The predicted octanol–water partition coefficient (Wildman–Crippen LogP) is 5.88. The highest BCUT2D eigenvalue weighted by Crippen LogP contribution is 2.53. The number of rotatable bonds is 1. The zero-order valence-electron chi connectivity index (χ0n) is 10.6. The van der Waals surface area contributed by atoms with E-state index in [1.54, 1.807) is 11.3 Å². The van der Waals surface area contributed by atoms with Crippen molar-refractivity contribution < 1.29 is 0 Å². The van der Waals surface area contributed by atoms with Crippen LogP contribution in [-0.4, -0.2) is 0 Å². The van der Waals surface area contributed by atoms with E-state index in [2.05, 4.69) is 41.0 Å². The molecule has 20 heavy (non-hydrogen) atoms. The Bertz CT molecular complexity index is 678. The van der Waals surface area contributed by atoms with Gasteiger partial charge in [0.2, 0.25) is 0 Å². The monoisotopic (exact) mass is 321 g/mol. The molecule has 1 aliphatic carbocycles. The predicted molar refractivity (Wildman–Crippen MR) is 87.1 cm³/mol. The fourth-order valence-electron chi connectivity index (χ4n) is 3.35. The molecule has 0 spiro atoms. The van der Waals surface area contributed by atoms with Crippen LogP contribution in [0.25, 0.3) is 0 Å². The molecule has 2 aliphatic rings. The van der Waals surface area contributed by atoms with E-state index in [1.165, 1.54) is 10.4 Å². The van der Waals surface area contributed by atoms with E-state index in [-0.39, 0.29) is 0 Å². The number of thiophene rings is 1. The Hall–Kier alpha value is -0.960. The Kier molecular flexibility index (Phi) is 3.06. The summed E-state index contributed by atoms with van der Waals surface area (Å²) in [4.78, 5) is 1.37. The Morgan fingerprint density at radius 2 is 2.10 bits per heavy atom. The molecule has 3 unspecified atom stereocenters. The van der Waals surface area contributed by atoms with Crippen molar-refractivity contribution in [1.82, 2.24) is 0 Å². The number of fused-ring (bicyclic) bond motifs is 3. The highest BCUT2D eigenvalue weighted by molar-refractivity contribution is 7.10. The normalized spacial score (nSPS) is 27.0. The number of hydrogen-bond acceptors (Lipinski definition) is 2. The summed E-state index contributed by atoms with van der Waals surface area (Å²) >= 11 is 14.4. The molecule has 1 aromatic carbocycles.